The van der Waals surface area contributed by atoms with Crippen LogP contribution in [-0.2, 0) is 17.9 Å². The van der Waals surface area contributed by atoms with Crippen LogP contribution < -0.4 is 5.32 Å². The molecule has 26 heavy (non-hydrogen) atoms. The molecule has 0 saturated heterocycles. The summed E-state index contributed by atoms with van der Waals surface area (Å²) in [5.74, 6) is -0.0839. The molecule has 7 nitrogen and oxygen atoms in total. The number of hydrogen-bond acceptors (Lipinski definition) is 4. The zero-order valence-corrected chi connectivity index (χ0v) is 16.6. The Morgan fingerprint density at radius 2 is 1.96 bits per heavy atom. The van der Waals surface area contributed by atoms with Gasteiger partial charge in [0.15, 0.2) is 0 Å². The van der Waals surface area contributed by atoms with Gasteiger partial charge in [0.2, 0.25) is 11.9 Å². The second-order valence-electron chi connectivity index (χ2n) is 6.31. The highest BCUT2D eigenvalue weighted by Gasteiger charge is 2.18. The first-order valence-corrected chi connectivity index (χ1v) is 9.17. The predicted octanol–water partition coefficient (Wildman–Crippen LogP) is 3.18. The molecule has 0 aliphatic heterocycles. The highest BCUT2D eigenvalue weighted by Crippen LogP contribution is 2.20. The molecule has 2 aromatic heterocycles. The molecule has 0 fully saturated rings. The van der Waals surface area contributed by atoms with Gasteiger partial charge in [-0.05, 0) is 35.3 Å². The average molecular weight is 417 g/mol. The first-order valence-electron chi connectivity index (χ1n) is 8.37. The molecule has 0 saturated carbocycles. The van der Waals surface area contributed by atoms with E-state index in [4.69, 9.17) is 0 Å². The minimum Gasteiger partial charge on any atom is -0.293 e. The van der Waals surface area contributed by atoms with Crippen LogP contribution in [0.15, 0.2) is 41.1 Å². The number of carbonyl (C=O) groups excluding carboxylic acids is 1. The molecular weight excluding hydrogens is 396 g/mol. The Morgan fingerprint density at radius 3 is 2.62 bits per heavy atom. The van der Waals surface area contributed by atoms with Crippen molar-refractivity contribution >= 4 is 27.8 Å². The van der Waals surface area contributed by atoms with E-state index in [9.17, 15) is 4.79 Å². The number of aryl methyl sites for hydroxylation is 1. The molecule has 1 amide bonds. The number of nitrogens with zero attached hydrogens (tertiary/aromatic N) is 5. The van der Waals surface area contributed by atoms with E-state index < -0.39 is 0 Å². The average Bonchev–Trinajstić information content (AvgIpc) is 3.16. The van der Waals surface area contributed by atoms with E-state index in [0.29, 0.717) is 19.0 Å². The first kappa shape index (κ1) is 18.3. The van der Waals surface area contributed by atoms with Crippen molar-refractivity contribution in [3.05, 3.63) is 58.1 Å². The third kappa shape index (κ3) is 4.19. The van der Waals surface area contributed by atoms with Gasteiger partial charge in [0.05, 0.1) is 29.2 Å². The van der Waals surface area contributed by atoms with Crippen LogP contribution >= 0.6 is 15.9 Å². The standard InChI is InChI=1S/C18H21BrN6O/c1-12(9-25-14(3)16(19)13(2)22-25)17(26)21-18-20-11-24(23-18)10-15-7-5-4-6-8-15/h4-8,11-12H,9-10H2,1-3H3,(H,21,23,26). The van der Waals surface area contributed by atoms with Crippen molar-refractivity contribution in [1.82, 2.24) is 24.5 Å². The maximum Gasteiger partial charge on any atom is 0.248 e. The molecule has 0 bridgehead atoms. The highest BCUT2D eigenvalue weighted by atomic mass is 79.9. The number of amides is 1. The smallest absolute Gasteiger partial charge is 0.248 e. The van der Waals surface area contributed by atoms with Crippen molar-refractivity contribution in [1.29, 1.82) is 0 Å². The third-order valence-corrected chi connectivity index (χ3v) is 5.29. The second-order valence-corrected chi connectivity index (χ2v) is 7.10. The van der Waals surface area contributed by atoms with Crippen LogP contribution in [0.5, 0.6) is 0 Å². The number of halogens is 1. The largest absolute Gasteiger partial charge is 0.293 e. The second kappa shape index (κ2) is 7.82. The van der Waals surface area contributed by atoms with Crippen LogP contribution in [0.3, 0.4) is 0 Å². The molecule has 1 N–H and O–H groups in total. The van der Waals surface area contributed by atoms with Crippen molar-refractivity contribution in [3.63, 3.8) is 0 Å². The number of benzene rings is 1. The molecule has 1 aromatic carbocycles. The van der Waals surface area contributed by atoms with Gasteiger partial charge in [0.1, 0.15) is 6.33 Å². The zero-order valence-electron chi connectivity index (χ0n) is 15.0. The Bertz CT molecular complexity index is 902. The monoisotopic (exact) mass is 416 g/mol. The van der Waals surface area contributed by atoms with Crippen LogP contribution in [0.25, 0.3) is 0 Å². The summed E-state index contributed by atoms with van der Waals surface area (Å²) in [6.45, 7) is 6.87. The quantitative estimate of drug-likeness (QED) is 0.669. The van der Waals surface area contributed by atoms with E-state index in [0.717, 1.165) is 21.4 Å². The molecule has 8 heteroatoms. The van der Waals surface area contributed by atoms with Crippen molar-refractivity contribution in [2.24, 2.45) is 5.92 Å². The summed E-state index contributed by atoms with van der Waals surface area (Å²) in [7, 11) is 0. The molecule has 0 radical (unpaired) electrons. The number of rotatable bonds is 6. The Balaban J connectivity index is 1.60. The summed E-state index contributed by atoms with van der Waals surface area (Å²) in [5.41, 5.74) is 3.04. The summed E-state index contributed by atoms with van der Waals surface area (Å²) in [6.07, 6.45) is 1.62. The summed E-state index contributed by atoms with van der Waals surface area (Å²) in [5, 5.41) is 11.5. The number of aromatic nitrogens is 5. The topological polar surface area (TPSA) is 77.6 Å². The summed E-state index contributed by atoms with van der Waals surface area (Å²) >= 11 is 3.50. The number of nitrogens with one attached hydrogen (secondary N) is 1. The molecule has 1 atom stereocenters. The van der Waals surface area contributed by atoms with E-state index in [-0.39, 0.29) is 11.8 Å². The van der Waals surface area contributed by atoms with Crippen LogP contribution in [0.4, 0.5) is 5.95 Å². The lowest BCUT2D eigenvalue weighted by Crippen LogP contribution is -2.26. The van der Waals surface area contributed by atoms with Gasteiger partial charge in [-0.1, -0.05) is 37.3 Å². The Morgan fingerprint density at radius 1 is 1.23 bits per heavy atom. The zero-order chi connectivity index (χ0) is 18.7. The van der Waals surface area contributed by atoms with Gasteiger partial charge in [0, 0.05) is 5.69 Å². The number of hydrogen-bond donors (Lipinski definition) is 1. The van der Waals surface area contributed by atoms with Gasteiger partial charge in [-0.15, -0.1) is 5.10 Å². The molecule has 0 aliphatic rings. The normalized spacial score (nSPS) is 12.2. The van der Waals surface area contributed by atoms with Gasteiger partial charge >= 0.3 is 0 Å². The Labute approximate surface area is 160 Å². The fourth-order valence-electron chi connectivity index (χ4n) is 2.63. The molecule has 0 spiro atoms. The maximum atomic E-state index is 12.4. The van der Waals surface area contributed by atoms with Crippen LogP contribution in [0.2, 0.25) is 0 Å². The van der Waals surface area contributed by atoms with E-state index in [1.165, 1.54) is 0 Å². The Kier molecular flexibility index (Phi) is 5.51. The van der Waals surface area contributed by atoms with Crippen molar-refractivity contribution in [2.45, 2.75) is 33.9 Å². The first-order chi connectivity index (χ1) is 12.4. The summed E-state index contributed by atoms with van der Waals surface area (Å²) in [6, 6.07) is 9.98. The van der Waals surface area contributed by atoms with E-state index in [1.807, 2.05) is 55.8 Å². The minimum atomic E-state index is -0.263. The maximum absolute atomic E-state index is 12.4. The van der Waals surface area contributed by atoms with Crippen molar-refractivity contribution in [2.75, 3.05) is 5.32 Å². The SMILES string of the molecule is Cc1nn(CC(C)C(=O)Nc2ncn(Cc3ccccc3)n2)c(C)c1Br. The lowest BCUT2D eigenvalue weighted by atomic mass is 10.1. The predicted molar refractivity (Wildman–Crippen MR) is 103 cm³/mol. The van der Waals surface area contributed by atoms with Crippen molar-refractivity contribution in [3.8, 4) is 0 Å². The molecule has 3 aromatic rings. The Hall–Kier alpha value is -2.48. The minimum absolute atomic E-state index is 0.133. The van der Waals surface area contributed by atoms with E-state index >= 15 is 0 Å². The van der Waals surface area contributed by atoms with Crippen molar-refractivity contribution < 1.29 is 4.79 Å². The van der Waals surface area contributed by atoms with Gasteiger partial charge < -0.3 is 0 Å². The molecule has 2 heterocycles. The lowest BCUT2D eigenvalue weighted by molar-refractivity contribution is -0.119. The summed E-state index contributed by atoms with van der Waals surface area (Å²) in [4.78, 5) is 16.6. The lowest BCUT2D eigenvalue weighted by Gasteiger charge is -2.12. The molecule has 3 rings (SSSR count). The van der Waals surface area contributed by atoms with Gasteiger partial charge in [-0.25, -0.2) is 9.67 Å². The van der Waals surface area contributed by atoms with Gasteiger partial charge in [0.25, 0.3) is 0 Å². The number of anilines is 1. The van der Waals surface area contributed by atoms with E-state index in [2.05, 4.69) is 36.4 Å². The summed E-state index contributed by atoms with van der Waals surface area (Å²) < 4.78 is 4.52. The molecule has 136 valence electrons. The number of carbonyl (C=O) groups is 1. The van der Waals surface area contributed by atoms with Crippen LogP contribution in [-0.4, -0.2) is 30.5 Å². The van der Waals surface area contributed by atoms with E-state index in [1.54, 1.807) is 11.0 Å². The fourth-order valence-corrected chi connectivity index (χ4v) is 2.91. The van der Waals surface area contributed by atoms with Gasteiger partial charge in [-0.3, -0.25) is 14.8 Å². The van der Waals surface area contributed by atoms with Gasteiger partial charge in [-0.2, -0.15) is 5.10 Å². The molecule has 0 aliphatic carbocycles. The molecule has 1 unspecified atom stereocenters. The third-order valence-electron chi connectivity index (χ3n) is 4.15. The fraction of sp³-hybridized carbons (Fsp3) is 0.333. The van der Waals surface area contributed by atoms with Crippen LogP contribution in [0, 0.1) is 19.8 Å². The highest BCUT2D eigenvalue weighted by molar-refractivity contribution is 9.10. The molecular formula is C18H21BrN6O. The van der Waals surface area contributed by atoms with Crippen LogP contribution in [0.1, 0.15) is 23.9 Å².